The van der Waals surface area contributed by atoms with Crippen molar-refractivity contribution in [2.24, 2.45) is 17.8 Å². The van der Waals surface area contributed by atoms with Gasteiger partial charge in [-0.15, -0.1) is 13.2 Å². The lowest BCUT2D eigenvalue weighted by Gasteiger charge is -2.40. The topological polar surface area (TPSA) is 135 Å². The highest BCUT2D eigenvalue weighted by atomic mass is 16.6. The van der Waals surface area contributed by atoms with E-state index in [1.165, 1.54) is 4.90 Å². The summed E-state index contributed by atoms with van der Waals surface area (Å²) in [6.45, 7) is 12.9. The monoisotopic (exact) mass is 687 g/mol. The van der Waals surface area contributed by atoms with Crippen molar-refractivity contribution in [3.8, 4) is 5.75 Å². The molecule has 3 aliphatic rings. The molecule has 3 aliphatic heterocycles. The van der Waals surface area contributed by atoms with Crippen LogP contribution in [0.1, 0.15) is 58.1 Å². The number of methoxy groups -OCH3 is 1. The molecule has 0 unspecified atom stereocenters. The first-order chi connectivity index (χ1) is 24.0. The Morgan fingerprint density at radius 2 is 1.80 bits per heavy atom. The zero-order chi connectivity index (χ0) is 36.2. The van der Waals surface area contributed by atoms with Crippen LogP contribution in [0.2, 0.25) is 0 Å². The summed E-state index contributed by atoms with van der Waals surface area (Å²) in [5.74, 6) is -3.24. The molecule has 268 valence electrons. The Morgan fingerprint density at radius 3 is 2.40 bits per heavy atom. The maximum atomic E-state index is 14.8. The molecule has 50 heavy (non-hydrogen) atoms. The number of ether oxygens (including phenoxy) is 3. The number of carbonyl (C=O) groups excluding carboxylic acids is 4. The Balaban J connectivity index is 1.51. The molecule has 0 radical (unpaired) electrons. The number of amides is 3. The van der Waals surface area contributed by atoms with Crippen molar-refractivity contribution in [1.82, 2.24) is 10.2 Å². The molecule has 2 aromatic carbocycles. The Bertz CT molecular complexity index is 1560. The summed E-state index contributed by atoms with van der Waals surface area (Å²) in [5, 5.41) is 13.6. The Morgan fingerprint density at radius 1 is 1.10 bits per heavy atom. The smallest absolute Gasteiger partial charge is 0.313 e. The molecular formula is C39H49N3O8. The number of hydrogen-bond donors (Lipinski definition) is 2. The first-order valence-corrected chi connectivity index (χ1v) is 17.4. The second-order valence-electron chi connectivity index (χ2n) is 13.7. The summed E-state index contributed by atoms with van der Waals surface area (Å²) in [7, 11) is 1.56. The second-order valence-corrected chi connectivity index (χ2v) is 13.7. The van der Waals surface area contributed by atoms with Crippen LogP contribution in [0.3, 0.4) is 0 Å². The van der Waals surface area contributed by atoms with Crippen LogP contribution in [0.4, 0.5) is 5.69 Å². The van der Waals surface area contributed by atoms with Crippen molar-refractivity contribution >= 4 is 29.4 Å². The number of carbonyl (C=O) groups is 4. The summed E-state index contributed by atoms with van der Waals surface area (Å²) in [5.41, 5.74) is -0.0570. The predicted octanol–water partition coefficient (Wildman–Crippen LogP) is 4.36. The minimum absolute atomic E-state index is 0.153. The summed E-state index contributed by atoms with van der Waals surface area (Å²) < 4.78 is 18.2. The minimum atomic E-state index is -1.32. The fraction of sp³-hybridized carbons (Fsp3) is 0.487. The molecule has 3 amide bonds. The van der Waals surface area contributed by atoms with Crippen molar-refractivity contribution in [3.05, 3.63) is 85.5 Å². The number of esters is 1. The SMILES string of the molecule is C=CCCC(=O)N[C@H](C)[C@@H](OC(=O)[C@@H]1[C@H]2C(=O)N([C@@H](CO)C(C)C)[C@H](C(=O)N(CC=C)c3ccc(OC)cc3)[C@]23CC[C@H]1O3)c1ccccc1. The molecule has 1 spiro atoms. The number of allylic oxidation sites excluding steroid dienone is 1. The van der Waals surface area contributed by atoms with Crippen LogP contribution in [-0.4, -0.2) is 83.8 Å². The van der Waals surface area contributed by atoms with E-state index >= 15 is 0 Å². The van der Waals surface area contributed by atoms with Gasteiger partial charge in [0.15, 0.2) is 0 Å². The molecular weight excluding hydrogens is 638 g/mol. The van der Waals surface area contributed by atoms with Gasteiger partial charge in [0.05, 0.1) is 43.7 Å². The molecule has 5 rings (SSSR count). The lowest BCUT2D eigenvalue weighted by atomic mass is 9.70. The minimum Gasteiger partial charge on any atom is -0.497 e. The van der Waals surface area contributed by atoms with Crippen LogP contribution in [0.15, 0.2) is 79.9 Å². The molecule has 2 aromatic rings. The molecule has 2 N–H and O–H groups in total. The quantitative estimate of drug-likeness (QED) is 0.197. The zero-order valence-electron chi connectivity index (χ0n) is 29.3. The summed E-state index contributed by atoms with van der Waals surface area (Å²) >= 11 is 0. The van der Waals surface area contributed by atoms with E-state index in [2.05, 4.69) is 18.5 Å². The van der Waals surface area contributed by atoms with Gasteiger partial charge in [-0.1, -0.05) is 56.3 Å². The average Bonchev–Trinajstić information content (AvgIpc) is 3.76. The van der Waals surface area contributed by atoms with Crippen molar-refractivity contribution < 1.29 is 38.5 Å². The van der Waals surface area contributed by atoms with E-state index in [-0.39, 0.29) is 31.4 Å². The molecule has 8 atom stereocenters. The van der Waals surface area contributed by atoms with Gasteiger partial charge in [-0.2, -0.15) is 0 Å². The van der Waals surface area contributed by atoms with Gasteiger partial charge in [0.25, 0.3) is 5.91 Å². The highest BCUT2D eigenvalue weighted by molar-refractivity contribution is 6.05. The van der Waals surface area contributed by atoms with Crippen molar-refractivity contribution in [2.45, 2.75) is 82.4 Å². The first kappa shape index (κ1) is 36.8. The maximum absolute atomic E-state index is 14.8. The molecule has 11 heteroatoms. The van der Waals surface area contributed by atoms with Crippen LogP contribution >= 0.6 is 0 Å². The third kappa shape index (κ3) is 6.81. The molecule has 0 aromatic heterocycles. The number of benzene rings is 2. The number of anilines is 1. The Hall–Kier alpha value is -4.48. The van der Waals surface area contributed by atoms with Gasteiger partial charge in [0, 0.05) is 18.7 Å². The summed E-state index contributed by atoms with van der Waals surface area (Å²) in [4.78, 5) is 59.6. The molecule has 11 nitrogen and oxygen atoms in total. The third-order valence-corrected chi connectivity index (χ3v) is 10.3. The largest absolute Gasteiger partial charge is 0.497 e. The second kappa shape index (κ2) is 15.6. The molecule has 2 bridgehead atoms. The number of nitrogens with one attached hydrogen (secondary N) is 1. The lowest BCUT2D eigenvalue weighted by Crippen LogP contribution is -2.59. The number of fused-ring (bicyclic) bond motifs is 1. The van der Waals surface area contributed by atoms with Crippen molar-refractivity contribution in [3.63, 3.8) is 0 Å². The van der Waals surface area contributed by atoms with Gasteiger partial charge in [-0.3, -0.25) is 19.2 Å². The number of aliphatic hydroxyl groups excluding tert-OH is 1. The zero-order valence-corrected chi connectivity index (χ0v) is 29.3. The average molecular weight is 688 g/mol. The number of hydrogen-bond acceptors (Lipinski definition) is 8. The Labute approximate surface area is 294 Å². The van der Waals surface area contributed by atoms with Crippen LogP contribution in [0.5, 0.6) is 5.75 Å². The number of nitrogens with zero attached hydrogens (tertiary/aromatic N) is 2. The van der Waals surface area contributed by atoms with Crippen LogP contribution < -0.4 is 15.0 Å². The van der Waals surface area contributed by atoms with Gasteiger partial charge in [-0.05, 0) is 61.9 Å². The molecule has 3 heterocycles. The van der Waals surface area contributed by atoms with Gasteiger partial charge in [-0.25, -0.2) is 0 Å². The summed E-state index contributed by atoms with van der Waals surface area (Å²) in [6.07, 6.45) is 3.35. The van der Waals surface area contributed by atoms with E-state index < -0.39 is 65.6 Å². The number of likely N-dealkylation sites (tertiary alicyclic amines) is 1. The molecule has 3 fully saturated rings. The van der Waals surface area contributed by atoms with Gasteiger partial charge in [0.2, 0.25) is 11.8 Å². The van der Waals surface area contributed by atoms with Crippen LogP contribution in [-0.2, 0) is 28.7 Å². The Kier molecular flexibility index (Phi) is 11.5. The highest BCUT2D eigenvalue weighted by Gasteiger charge is 2.76. The van der Waals surface area contributed by atoms with E-state index in [1.54, 1.807) is 55.4 Å². The highest BCUT2D eigenvalue weighted by Crippen LogP contribution is 2.59. The number of aliphatic hydroxyl groups is 1. The van der Waals surface area contributed by atoms with Crippen molar-refractivity contribution in [2.75, 3.05) is 25.2 Å². The number of rotatable bonds is 16. The third-order valence-electron chi connectivity index (χ3n) is 10.3. The standard InChI is InChI=1S/C39H49N3O8/c1-7-9-15-31(44)40-25(5)34(26-13-11-10-12-14-26)49-38(47)32-30-20-21-39(50-30)33(32)36(45)42(29(23-43)24(3)4)35(39)37(46)41(22-8-2)27-16-18-28(48-6)19-17-27/h7-8,10-14,16-19,24-25,29-30,32-35,43H,1-2,9,15,20-23H2,3-6H3,(H,40,44)/t25-,29+,30-,32+,33+,34-,35-,39+/m1/s1. The van der Waals surface area contributed by atoms with Crippen LogP contribution in [0.25, 0.3) is 0 Å². The van der Waals surface area contributed by atoms with Gasteiger partial charge < -0.3 is 34.4 Å². The van der Waals surface area contributed by atoms with E-state index in [4.69, 9.17) is 14.2 Å². The molecule has 0 saturated carbocycles. The van der Waals surface area contributed by atoms with E-state index in [9.17, 15) is 24.3 Å². The van der Waals surface area contributed by atoms with Gasteiger partial charge in [0.1, 0.15) is 23.5 Å². The predicted molar refractivity (Wildman–Crippen MR) is 188 cm³/mol. The van der Waals surface area contributed by atoms with Crippen LogP contribution in [0, 0.1) is 17.8 Å². The molecule has 3 saturated heterocycles. The fourth-order valence-electron chi connectivity index (χ4n) is 7.92. The van der Waals surface area contributed by atoms with E-state index in [0.717, 1.165) is 0 Å². The lowest BCUT2D eigenvalue weighted by molar-refractivity contribution is -0.162. The van der Waals surface area contributed by atoms with Gasteiger partial charge >= 0.3 is 5.97 Å². The van der Waals surface area contributed by atoms with E-state index in [0.29, 0.717) is 36.3 Å². The van der Waals surface area contributed by atoms with Crippen molar-refractivity contribution in [1.29, 1.82) is 0 Å². The normalized spacial score (nSPS) is 25.4. The maximum Gasteiger partial charge on any atom is 0.313 e. The summed E-state index contributed by atoms with van der Waals surface area (Å²) in [6, 6.07) is 13.7. The fourth-order valence-corrected chi connectivity index (χ4v) is 7.92. The van der Waals surface area contributed by atoms with E-state index in [1.807, 2.05) is 44.2 Å². The molecule has 0 aliphatic carbocycles. The first-order valence-electron chi connectivity index (χ1n) is 17.4.